The summed E-state index contributed by atoms with van der Waals surface area (Å²) < 4.78 is 15.6. The molecular formula is C15H13FN2. The van der Waals surface area contributed by atoms with E-state index in [-0.39, 0.29) is 5.82 Å². The summed E-state index contributed by atoms with van der Waals surface area (Å²) in [5.41, 5.74) is 3.17. The maximum Gasteiger partial charge on any atom is 0.132 e. The Morgan fingerprint density at radius 3 is 2.94 bits per heavy atom. The van der Waals surface area contributed by atoms with E-state index in [0.29, 0.717) is 11.9 Å². The third kappa shape index (κ3) is 1.88. The Balaban J connectivity index is 2.03. The Morgan fingerprint density at radius 1 is 1.22 bits per heavy atom. The molecule has 3 aromatic rings. The van der Waals surface area contributed by atoms with Crippen molar-refractivity contribution in [2.45, 2.75) is 13.5 Å². The van der Waals surface area contributed by atoms with Crippen molar-refractivity contribution in [2.75, 3.05) is 0 Å². The van der Waals surface area contributed by atoms with Gasteiger partial charge in [0.2, 0.25) is 0 Å². The number of rotatable bonds is 2. The first-order valence-electron chi connectivity index (χ1n) is 5.88. The van der Waals surface area contributed by atoms with Crippen molar-refractivity contribution >= 4 is 10.9 Å². The number of pyridine rings is 1. The van der Waals surface area contributed by atoms with Crippen LogP contribution < -0.4 is 0 Å². The van der Waals surface area contributed by atoms with Gasteiger partial charge in [0.15, 0.2) is 0 Å². The van der Waals surface area contributed by atoms with Crippen LogP contribution in [0.15, 0.2) is 48.9 Å². The van der Waals surface area contributed by atoms with Crippen molar-refractivity contribution in [2.24, 2.45) is 0 Å². The molecule has 0 amide bonds. The summed E-state index contributed by atoms with van der Waals surface area (Å²) in [6.07, 6.45) is 5.59. The summed E-state index contributed by atoms with van der Waals surface area (Å²) in [6.45, 7) is 2.73. The van der Waals surface area contributed by atoms with E-state index in [2.05, 4.69) is 11.1 Å². The van der Waals surface area contributed by atoms with E-state index in [1.165, 1.54) is 6.07 Å². The van der Waals surface area contributed by atoms with Crippen LogP contribution in [0, 0.1) is 12.7 Å². The summed E-state index contributed by atoms with van der Waals surface area (Å²) in [6, 6.07) is 9.07. The molecule has 0 fully saturated rings. The first-order valence-corrected chi connectivity index (χ1v) is 5.88. The van der Waals surface area contributed by atoms with Crippen molar-refractivity contribution in [3.05, 3.63) is 65.9 Å². The largest absolute Gasteiger partial charge is 0.343 e. The summed E-state index contributed by atoms with van der Waals surface area (Å²) >= 11 is 0. The van der Waals surface area contributed by atoms with E-state index in [1.807, 2.05) is 42.2 Å². The zero-order chi connectivity index (χ0) is 12.5. The molecule has 0 aliphatic heterocycles. The highest BCUT2D eigenvalue weighted by atomic mass is 19.1. The van der Waals surface area contributed by atoms with Gasteiger partial charge in [0.1, 0.15) is 5.82 Å². The van der Waals surface area contributed by atoms with E-state index in [1.54, 1.807) is 6.07 Å². The maximum absolute atomic E-state index is 13.6. The lowest BCUT2D eigenvalue weighted by molar-refractivity contribution is 0.639. The Labute approximate surface area is 105 Å². The predicted molar refractivity (Wildman–Crippen MR) is 70.0 cm³/mol. The summed E-state index contributed by atoms with van der Waals surface area (Å²) in [5.74, 6) is -0.173. The molecule has 3 heteroatoms. The molecule has 0 radical (unpaired) electrons. The molecule has 0 saturated heterocycles. The minimum absolute atomic E-state index is 0.173. The molecular weight excluding hydrogens is 227 g/mol. The molecule has 0 spiro atoms. The average molecular weight is 240 g/mol. The standard InChI is InChI=1S/C15H13FN2/c1-11-7-12(9-17-8-11)10-18-6-5-13-14(16)3-2-4-15(13)18/h2-9H,10H2,1H3. The molecule has 0 saturated carbocycles. The number of benzene rings is 1. The molecule has 0 aliphatic carbocycles. The Morgan fingerprint density at radius 2 is 2.11 bits per heavy atom. The lowest BCUT2D eigenvalue weighted by atomic mass is 10.2. The molecule has 3 rings (SSSR count). The highest BCUT2D eigenvalue weighted by Crippen LogP contribution is 2.20. The zero-order valence-electron chi connectivity index (χ0n) is 10.1. The molecule has 0 bridgehead atoms. The van der Waals surface area contributed by atoms with E-state index < -0.39 is 0 Å². The molecule has 0 unspecified atom stereocenters. The van der Waals surface area contributed by atoms with Crippen molar-refractivity contribution in [3.63, 3.8) is 0 Å². The minimum Gasteiger partial charge on any atom is -0.343 e. The van der Waals surface area contributed by atoms with Gasteiger partial charge in [-0.05, 0) is 36.2 Å². The van der Waals surface area contributed by atoms with Crippen LogP contribution in [0.4, 0.5) is 4.39 Å². The lowest BCUT2D eigenvalue weighted by Gasteiger charge is -2.06. The Hall–Kier alpha value is -2.16. The van der Waals surface area contributed by atoms with Crippen LogP contribution in [0.2, 0.25) is 0 Å². The zero-order valence-corrected chi connectivity index (χ0v) is 10.1. The summed E-state index contributed by atoms with van der Waals surface area (Å²) in [5, 5.41) is 0.665. The third-order valence-corrected chi connectivity index (χ3v) is 3.04. The van der Waals surface area contributed by atoms with Gasteiger partial charge in [-0.15, -0.1) is 0 Å². The van der Waals surface area contributed by atoms with Crippen LogP contribution >= 0.6 is 0 Å². The summed E-state index contributed by atoms with van der Waals surface area (Å²) in [4.78, 5) is 4.17. The van der Waals surface area contributed by atoms with Gasteiger partial charge in [0, 0.05) is 30.5 Å². The molecule has 90 valence electrons. The van der Waals surface area contributed by atoms with Gasteiger partial charge >= 0.3 is 0 Å². The van der Waals surface area contributed by atoms with Gasteiger partial charge in [-0.25, -0.2) is 4.39 Å². The van der Waals surface area contributed by atoms with Gasteiger partial charge in [0.25, 0.3) is 0 Å². The fourth-order valence-corrected chi connectivity index (χ4v) is 2.22. The van der Waals surface area contributed by atoms with E-state index in [0.717, 1.165) is 16.6 Å². The quantitative estimate of drug-likeness (QED) is 0.670. The fourth-order valence-electron chi connectivity index (χ4n) is 2.22. The molecule has 2 nitrogen and oxygen atoms in total. The first kappa shape index (κ1) is 11.0. The topological polar surface area (TPSA) is 17.8 Å². The van der Waals surface area contributed by atoms with Crippen LogP contribution in [0.5, 0.6) is 0 Å². The second kappa shape index (κ2) is 4.26. The maximum atomic E-state index is 13.6. The summed E-state index contributed by atoms with van der Waals surface area (Å²) in [7, 11) is 0. The van der Waals surface area contributed by atoms with Crippen molar-refractivity contribution in [3.8, 4) is 0 Å². The third-order valence-electron chi connectivity index (χ3n) is 3.04. The predicted octanol–water partition coefficient (Wildman–Crippen LogP) is 3.53. The monoisotopic (exact) mass is 240 g/mol. The minimum atomic E-state index is -0.173. The van der Waals surface area contributed by atoms with Gasteiger partial charge < -0.3 is 4.57 Å². The average Bonchev–Trinajstić information content (AvgIpc) is 2.74. The van der Waals surface area contributed by atoms with E-state index in [9.17, 15) is 4.39 Å². The smallest absolute Gasteiger partial charge is 0.132 e. The second-order valence-electron chi connectivity index (χ2n) is 4.49. The van der Waals surface area contributed by atoms with Crippen LogP contribution in [0.25, 0.3) is 10.9 Å². The molecule has 0 atom stereocenters. The highest BCUT2D eigenvalue weighted by Gasteiger charge is 2.05. The van der Waals surface area contributed by atoms with Gasteiger partial charge in [0.05, 0.1) is 5.52 Å². The first-order chi connectivity index (χ1) is 8.74. The van der Waals surface area contributed by atoms with Crippen LogP contribution in [0.1, 0.15) is 11.1 Å². The number of halogens is 1. The highest BCUT2D eigenvalue weighted by molar-refractivity contribution is 5.80. The van der Waals surface area contributed by atoms with Gasteiger partial charge in [-0.1, -0.05) is 12.1 Å². The molecule has 0 N–H and O–H groups in total. The fraction of sp³-hybridized carbons (Fsp3) is 0.133. The second-order valence-corrected chi connectivity index (χ2v) is 4.49. The number of aromatic nitrogens is 2. The molecule has 2 heterocycles. The SMILES string of the molecule is Cc1cncc(Cn2ccc3c(F)cccc32)c1. The van der Waals surface area contributed by atoms with Crippen molar-refractivity contribution in [1.29, 1.82) is 0 Å². The Bertz CT molecular complexity index is 701. The van der Waals surface area contributed by atoms with Crippen LogP contribution in [-0.4, -0.2) is 9.55 Å². The van der Waals surface area contributed by atoms with Gasteiger partial charge in [-0.3, -0.25) is 4.98 Å². The van der Waals surface area contributed by atoms with E-state index >= 15 is 0 Å². The van der Waals surface area contributed by atoms with Crippen molar-refractivity contribution in [1.82, 2.24) is 9.55 Å². The molecule has 0 aliphatic rings. The number of hydrogen-bond acceptors (Lipinski definition) is 1. The Kier molecular flexibility index (Phi) is 2.59. The normalized spacial score (nSPS) is 11.0. The van der Waals surface area contributed by atoms with Crippen molar-refractivity contribution < 1.29 is 4.39 Å². The lowest BCUT2D eigenvalue weighted by Crippen LogP contribution is -1.98. The number of fused-ring (bicyclic) bond motifs is 1. The number of hydrogen-bond donors (Lipinski definition) is 0. The van der Waals surface area contributed by atoms with E-state index in [4.69, 9.17) is 0 Å². The number of aryl methyl sites for hydroxylation is 1. The van der Waals surface area contributed by atoms with Crippen LogP contribution in [0.3, 0.4) is 0 Å². The van der Waals surface area contributed by atoms with Gasteiger partial charge in [-0.2, -0.15) is 0 Å². The molecule has 18 heavy (non-hydrogen) atoms. The molecule has 1 aromatic carbocycles. The molecule has 2 aromatic heterocycles. The van der Waals surface area contributed by atoms with Crippen LogP contribution in [-0.2, 0) is 6.54 Å². The number of nitrogens with zero attached hydrogens (tertiary/aromatic N) is 2.